The molecule has 0 fully saturated rings. The Labute approximate surface area is 170 Å². The zero-order chi connectivity index (χ0) is 19.2. The van der Waals surface area contributed by atoms with E-state index in [0.29, 0.717) is 23.6 Å². The summed E-state index contributed by atoms with van der Waals surface area (Å²) in [4.78, 5) is 12.2. The summed E-state index contributed by atoms with van der Waals surface area (Å²) in [5.74, 6) is 1.71. The van der Waals surface area contributed by atoms with Gasteiger partial charge in [-0.2, -0.15) is 11.8 Å². The fourth-order valence-electron chi connectivity index (χ4n) is 2.11. The number of hydrogen-bond donors (Lipinski definition) is 2. The number of carbonyl (C=O) groups is 1. The molecule has 0 aliphatic carbocycles. The van der Waals surface area contributed by atoms with Crippen LogP contribution >= 0.6 is 24.2 Å². The molecular formula is C18H23ClN2O4S2. The number of nitrogens with one attached hydrogen (secondary N) is 1. The summed E-state index contributed by atoms with van der Waals surface area (Å²) >= 11 is 1.65. The zero-order valence-corrected chi connectivity index (χ0v) is 17.5. The van der Waals surface area contributed by atoms with Gasteiger partial charge in [0.1, 0.15) is 11.5 Å². The first-order valence-corrected chi connectivity index (χ1v) is 11.2. The molecule has 3 N–H and O–H groups in total. The van der Waals surface area contributed by atoms with Crippen molar-refractivity contribution in [1.82, 2.24) is 0 Å². The minimum atomic E-state index is -3.23. The normalized spacial score (nSPS) is 12.0. The molecule has 27 heavy (non-hydrogen) atoms. The van der Waals surface area contributed by atoms with E-state index in [4.69, 9.17) is 10.5 Å². The van der Waals surface area contributed by atoms with Crippen LogP contribution in [0.5, 0.6) is 11.5 Å². The van der Waals surface area contributed by atoms with Crippen LogP contribution in [0.25, 0.3) is 0 Å². The van der Waals surface area contributed by atoms with Crippen molar-refractivity contribution >= 4 is 45.6 Å². The van der Waals surface area contributed by atoms with Gasteiger partial charge in [-0.05, 0) is 67.0 Å². The van der Waals surface area contributed by atoms with Crippen molar-refractivity contribution in [3.8, 4) is 11.5 Å². The molecule has 0 aliphatic heterocycles. The molecule has 6 nitrogen and oxygen atoms in total. The van der Waals surface area contributed by atoms with Gasteiger partial charge in [-0.1, -0.05) is 0 Å². The van der Waals surface area contributed by atoms with E-state index in [1.54, 1.807) is 48.2 Å². The van der Waals surface area contributed by atoms with Crippen molar-refractivity contribution in [2.75, 3.05) is 23.6 Å². The van der Waals surface area contributed by atoms with Gasteiger partial charge in [-0.25, -0.2) is 8.42 Å². The third-order valence-corrected chi connectivity index (χ3v) is 5.35. The third-order valence-electron chi connectivity index (χ3n) is 3.58. The first-order valence-electron chi connectivity index (χ1n) is 7.93. The minimum absolute atomic E-state index is 0. The molecule has 0 saturated heterocycles. The van der Waals surface area contributed by atoms with Gasteiger partial charge in [-0.3, -0.25) is 4.79 Å². The molecule has 0 aromatic heterocycles. The Kier molecular flexibility index (Phi) is 9.11. The molecule has 2 aromatic carbocycles. The second-order valence-electron chi connectivity index (χ2n) is 5.75. The van der Waals surface area contributed by atoms with Crippen LogP contribution in [0.15, 0.2) is 53.4 Å². The molecule has 0 unspecified atom stereocenters. The monoisotopic (exact) mass is 430 g/mol. The average Bonchev–Trinajstić information content (AvgIpc) is 2.61. The fourth-order valence-corrected chi connectivity index (χ4v) is 3.23. The smallest absolute Gasteiger partial charge is 0.241 e. The largest absolute Gasteiger partial charge is 0.457 e. The minimum Gasteiger partial charge on any atom is -0.457 e. The van der Waals surface area contributed by atoms with Crippen molar-refractivity contribution in [2.45, 2.75) is 17.4 Å². The van der Waals surface area contributed by atoms with E-state index < -0.39 is 15.9 Å². The van der Waals surface area contributed by atoms with E-state index in [2.05, 4.69) is 5.32 Å². The van der Waals surface area contributed by atoms with E-state index in [1.165, 1.54) is 12.1 Å². The lowest BCUT2D eigenvalue weighted by Gasteiger charge is -2.12. The molecule has 148 valence electrons. The highest BCUT2D eigenvalue weighted by atomic mass is 35.5. The van der Waals surface area contributed by atoms with Crippen LogP contribution in [0, 0.1) is 0 Å². The van der Waals surface area contributed by atoms with Gasteiger partial charge in [0.15, 0.2) is 9.84 Å². The lowest BCUT2D eigenvalue weighted by molar-refractivity contribution is -0.117. The number of hydrogen-bond acceptors (Lipinski definition) is 6. The lowest BCUT2D eigenvalue weighted by Crippen LogP contribution is -2.36. The predicted molar refractivity (Wildman–Crippen MR) is 113 cm³/mol. The summed E-state index contributed by atoms with van der Waals surface area (Å²) in [6.45, 7) is 0. The number of sulfone groups is 1. The van der Waals surface area contributed by atoms with E-state index in [0.717, 1.165) is 12.0 Å². The number of ether oxygens (including phenoxy) is 1. The molecule has 2 rings (SSSR count). The number of carbonyl (C=O) groups excluding carboxylic acids is 1. The maximum atomic E-state index is 12.0. The number of thioether (sulfide) groups is 1. The first kappa shape index (κ1) is 23.3. The number of rotatable bonds is 8. The van der Waals surface area contributed by atoms with Crippen molar-refractivity contribution in [3.63, 3.8) is 0 Å². The molecule has 0 bridgehead atoms. The second kappa shape index (κ2) is 10.6. The Bertz CT molecular complexity index is 841. The van der Waals surface area contributed by atoms with Crippen LogP contribution < -0.4 is 15.8 Å². The molecule has 1 atom stereocenters. The number of halogens is 1. The van der Waals surface area contributed by atoms with Crippen molar-refractivity contribution in [1.29, 1.82) is 0 Å². The van der Waals surface area contributed by atoms with Crippen LogP contribution in [0.3, 0.4) is 0 Å². The molecule has 0 aliphatic rings. The van der Waals surface area contributed by atoms with E-state index in [9.17, 15) is 13.2 Å². The SMILES string of the molecule is CSCC[C@H](N)C(=O)Nc1ccc(Oc2ccc(S(C)(=O)=O)cc2)cc1.Cl. The molecule has 2 aromatic rings. The summed E-state index contributed by atoms with van der Waals surface area (Å²) in [5.41, 5.74) is 6.47. The Morgan fingerprint density at radius 2 is 1.63 bits per heavy atom. The van der Waals surface area contributed by atoms with Gasteiger partial charge in [0.2, 0.25) is 5.91 Å². The number of anilines is 1. The molecule has 0 heterocycles. The molecule has 1 amide bonds. The quantitative estimate of drug-likeness (QED) is 0.666. The van der Waals surface area contributed by atoms with Crippen LogP contribution in [0.2, 0.25) is 0 Å². The summed E-state index contributed by atoms with van der Waals surface area (Å²) in [7, 11) is -3.23. The summed E-state index contributed by atoms with van der Waals surface area (Å²) < 4.78 is 28.6. The average molecular weight is 431 g/mol. The predicted octanol–water partition coefficient (Wildman–Crippen LogP) is 3.32. The highest BCUT2D eigenvalue weighted by Gasteiger charge is 2.13. The summed E-state index contributed by atoms with van der Waals surface area (Å²) in [6, 6.07) is 12.5. The molecule has 0 radical (unpaired) electrons. The van der Waals surface area contributed by atoms with Crippen LogP contribution in [0.1, 0.15) is 6.42 Å². The Hall–Kier alpha value is -1.74. The van der Waals surface area contributed by atoms with Crippen LogP contribution in [0.4, 0.5) is 5.69 Å². The molecule has 0 saturated carbocycles. The maximum Gasteiger partial charge on any atom is 0.241 e. The Morgan fingerprint density at radius 3 is 2.11 bits per heavy atom. The van der Waals surface area contributed by atoms with E-state index >= 15 is 0 Å². The molecule has 0 spiro atoms. The first-order chi connectivity index (χ1) is 12.3. The fraction of sp³-hybridized carbons (Fsp3) is 0.278. The second-order valence-corrected chi connectivity index (χ2v) is 8.75. The van der Waals surface area contributed by atoms with Crippen molar-refractivity contribution in [2.24, 2.45) is 5.73 Å². The van der Waals surface area contributed by atoms with Gasteiger partial charge >= 0.3 is 0 Å². The van der Waals surface area contributed by atoms with Crippen LogP contribution in [-0.2, 0) is 14.6 Å². The third kappa shape index (κ3) is 7.42. The van der Waals surface area contributed by atoms with Crippen molar-refractivity contribution < 1.29 is 17.9 Å². The topological polar surface area (TPSA) is 98.5 Å². The number of amides is 1. The maximum absolute atomic E-state index is 12.0. The zero-order valence-electron chi connectivity index (χ0n) is 15.0. The Morgan fingerprint density at radius 1 is 1.11 bits per heavy atom. The van der Waals surface area contributed by atoms with E-state index in [1.807, 2.05) is 6.26 Å². The van der Waals surface area contributed by atoms with Gasteiger partial charge in [0.25, 0.3) is 0 Å². The van der Waals surface area contributed by atoms with Gasteiger partial charge in [0, 0.05) is 11.9 Å². The van der Waals surface area contributed by atoms with Gasteiger partial charge in [0.05, 0.1) is 10.9 Å². The molecule has 9 heteroatoms. The highest BCUT2D eigenvalue weighted by molar-refractivity contribution is 7.98. The summed E-state index contributed by atoms with van der Waals surface area (Å²) in [6.07, 6.45) is 3.75. The van der Waals surface area contributed by atoms with Crippen molar-refractivity contribution in [3.05, 3.63) is 48.5 Å². The molecular weight excluding hydrogens is 408 g/mol. The Balaban J connectivity index is 0.00000364. The lowest BCUT2D eigenvalue weighted by atomic mass is 10.2. The van der Waals surface area contributed by atoms with E-state index in [-0.39, 0.29) is 23.2 Å². The van der Waals surface area contributed by atoms with Gasteiger partial charge < -0.3 is 15.8 Å². The highest BCUT2D eigenvalue weighted by Crippen LogP contribution is 2.24. The number of benzene rings is 2. The summed E-state index contributed by atoms with van der Waals surface area (Å²) in [5, 5.41) is 2.77. The van der Waals surface area contributed by atoms with Gasteiger partial charge in [-0.15, -0.1) is 12.4 Å². The van der Waals surface area contributed by atoms with Crippen LogP contribution in [-0.4, -0.2) is 38.6 Å². The standard InChI is InChI=1S/C18H22N2O4S2.ClH/c1-25-12-11-17(19)18(21)20-13-3-5-14(6-4-13)24-15-7-9-16(10-8-15)26(2,22)23;/h3-10,17H,11-12,19H2,1-2H3,(H,20,21);1H/t17-;/m0./s1. The number of nitrogens with two attached hydrogens (primary N) is 1.